The lowest BCUT2D eigenvalue weighted by molar-refractivity contribution is 0.0733. The first-order valence-corrected chi connectivity index (χ1v) is 9.98. The fraction of sp³-hybridized carbons (Fsp3) is 0.292. The monoisotopic (exact) mass is 387 g/mol. The molecular formula is C24H25N3O2. The zero-order valence-electron chi connectivity index (χ0n) is 17.0. The largest absolute Gasteiger partial charge is 0.508 e. The first-order chi connectivity index (χ1) is 13.9. The summed E-state index contributed by atoms with van der Waals surface area (Å²) < 4.78 is 0. The molecule has 0 fully saturated rings. The third kappa shape index (κ3) is 3.73. The number of phenols is 1. The number of amides is 1. The minimum absolute atomic E-state index is 0.0401. The fourth-order valence-corrected chi connectivity index (χ4v) is 3.71. The molecule has 1 aliphatic rings. The molecule has 0 spiro atoms. The van der Waals surface area contributed by atoms with Gasteiger partial charge in [0, 0.05) is 42.1 Å². The molecule has 4 rings (SSSR count). The Kier molecular flexibility index (Phi) is 5.05. The highest BCUT2D eigenvalue weighted by molar-refractivity contribution is 5.95. The highest BCUT2D eigenvalue weighted by Crippen LogP contribution is 2.31. The van der Waals surface area contributed by atoms with Crippen molar-refractivity contribution in [2.24, 2.45) is 0 Å². The van der Waals surface area contributed by atoms with Gasteiger partial charge < -0.3 is 10.0 Å². The first-order valence-electron chi connectivity index (χ1n) is 9.98. The lowest BCUT2D eigenvalue weighted by Crippen LogP contribution is -2.37. The van der Waals surface area contributed by atoms with E-state index in [0.717, 1.165) is 39.5 Å². The summed E-state index contributed by atoms with van der Waals surface area (Å²) in [7, 11) is 0. The van der Waals surface area contributed by atoms with Crippen molar-refractivity contribution >= 4 is 5.91 Å². The van der Waals surface area contributed by atoms with E-state index in [1.807, 2.05) is 48.2 Å². The number of benzene rings is 2. The van der Waals surface area contributed by atoms with Crippen LogP contribution in [0.25, 0.3) is 11.3 Å². The van der Waals surface area contributed by atoms with Crippen LogP contribution in [0.3, 0.4) is 0 Å². The van der Waals surface area contributed by atoms with Gasteiger partial charge in [0.25, 0.3) is 5.91 Å². The summed E-state index contributed by atoms with van der Waals surface area (Å²) in [6, 6.07) is 14.8. The third-order valence-corrected chi connectivity index (χ3v) is 5.40. The van der Waals surface area contributed by atoms with Crippen LogP contribution in [-0.2, 0) is 13.0 Å². The van der Waals surface area contributed by atoms with Crippen LogP contribution in [0.4, 0.5) is 0 Å². The van der Waals surface area contributed by atoms with Crippen molar-refractivity contribution in [3.8, 4) is 17.0 Å². The fourth-order valence-electron chi connectivity index (χ4n) is 3.71. The topological polar surface area (TPSA) is 66.3 Å². The molecular weight excluding hydrogens is 362 g/mol. The van der Waals surface area contributed by atoms with E-state index in [1.165, 1.54) is 0 Å². The molecule has 0 saturated carbocycles. The summed E-state index contributed by atoms with van der Waals surface area (Å²) in [4.78, 5) is 24.7. The van der Waals surface area contributed by atoms with Crippen LogP contribution in [0.15, 0.2) is 48.5 Å². The van der Waals surface area contributed by atoms with Crippen molar-refractivity contribution in [2.45, 2.75) is 39.7 Å². The van der Waals surface area contributed by atoms with Crippen LogP contribution in [0.2, 0.25) is 0 Å². The number of nitrogens with zero attached hydrogens (tertiary/aromatic N) is 3. The van der Waals surface area contributed by atoms with Crippen molar-refractivity contribution in [3.63, 3.8) is 0 Å². The van der Waals surface area contributed by atoms with Crippen LogP contribution in [0, 0.1) is 6.92 Å². The number of carbonyl (C=O) groups excluding carboxylic acids is 1. The zero-order chi connectivity index (χ0) is 20.5. The van der Waals surface area contributed by atoms with Crippen molar-refractivity contribution in [1.29, 1.82) is 0 Å². The molecule has 2 heterocycles. The van der Waals surface area contributed by atoms with Crippen LogP contribution >= 0.6 is 0 Å². The number of carbonyl (C=O) groups is 1. The molecule has 1 aromatic heterocycles. The minimum Gasteiger partial charge on any atom is -0.508 e. The summed E-state index contributed by atoms with van der Waals surface area (Å²) in [6.07, 6.45) is 0.709. The van der Waals surface area contributed by atoms with Crippen LogP contribution in [-0.4, -0.2) is 32.4 Å². The van der Waals surface area contributed by atoms with Gasteiger partial charge in [0.15, 0.2) is 0 Å². The van der Waals surface area contributed by atoms with E-state index in [-0.39, 0.29) is 17.6 Å². The molecule has 0 bridgehead atoms. The molecule has 148 valence electrons. The molecule has 5 heteroatoms. The van der Waals surface area contributed by atoms with E-state index in [1.54, 1.807) is 12.1 Å². The second-order valence-corrected chi connectivity index (χ2v) is 7.85. The van der Waals surface area contributed by atoms with Gasteiger partial charge in [0.05, 0.1) is 11.4 Å². The maximum absolute atomic E-state index is 13.2. The molecule has 3 aromatic rings. The Morgan fingerprint density at radius 2 is 1.79 bits per heavy atom. The smallest absolute Gasteiger partial charge is 0.254 e. The van der Waals surface area contributed by atoms with Gasteiger partial charge in [-0.3, -0.25) is 4.79 Å². The summed E-state index contributed by atoms with van der Waals surface area (Å²) in [5.41, 5.74) is 5.50. The molecule has 0 saturated heterocycles. The number of fused-ring (bicyclic) bond motifs is 1. The Labute approximate surface area is 171 Å². The second kappa shape index (κ2) is 7.66. The highest BCUT2D eigenvalue weighted by atomic mass is 16.3. The van der Waals surface area contributed by atoms with E-state index in [2.05, 4.69) is 13.8 Å². The van der Waals surface area contributed by atoms with Crippen LogP contribution in [0.5, 0.6) is 5.75 Å². The Morgan fingerprint density at radius 3 is 2.48 bits per heavy atom. The average Bonchev–Trinajstić information content (AvgIpc) is 2.73. The molecule has 0 aliphatic carbocycles. The molecule has 0 atom stereocenters. The lowest BCUT2D eigenvalue weighted by Gasteiger charge is -2.30. The molecule has 0 unspecified atom stereocenters. The number of hydrogen-bond acceptors (Lipinski definition) is 4. The Hall–Kier alpha value is -3.21. The van der Waals surface area contributed by atoms with Crippen LogP contribution < -0.4 is 0 Å². The van der Waals surface area contributed by atoms with Crippen molar-refractivity contribution < 1.29 is 9.90 Å². The van der Waals surface area contributed by atoms with E-state index in [9.17, 15) is 9.90 Å². The van der Waals surface area contributed by atoms with Gasteiger partial charge >= 0.3 is 0 Å². The number of hydrogen-bond donors (Lipinski definition) is 1. The van der Waals surface area contributed by atoms with E-state index >= 15 is 0 Å². The van der Waals surface area contributed by atoms with Crippen molar-refractivity contribution in [2.75, 3.05) is 6.54 Å². The Bertz CT molecular complexity index is 1060. The molecule has 5 nitrogen and oxygen atoms in total. The van der Waals surface area contributed by atoms with Crippen molar-refractivity contribution in [3.05, 3.63) is 76.7 Å². The average molecular weight is 387 g/mol. The van der Waals surface area contributed by atoms with Gasteiger partial charge in [-0.1, -0.05) is 32.0 Å². The quantitative estimate of drug-likeness (QED) is 0.720. The summed E-state index contributed by atoms with van der Waals surface area (Å²) in [5.74, 6) is 1.28. The van der Waals surface area contributed by atoms with Gasteiger partial charge in [0.2, 0.25) is 0 Å². The summed E-state index contributed by atoms with van der Waals surface area (Å²) in [5, 5.41) is 9.67. The standard InChI is InChI=1S/C24H25N3O2/c1-15(2)23-25-21-12-13-27(24(29)19-7-5-4-6-16(19)3)14-20(21)22(26-23)17-8-10-18(28)11-9-17/h4-11,15,28H,12-14H2,1-3H3. The SMILES string of the molecule is Cc1ccccc1C(=O)N1CCc2nc(C(C)C)nc(-c3ccc(O)cc3)c2C1. The predicted octanol–water partition coefficient (Wildman–Crippen LogP) is 4.48. The number of aryl methyl sites for hydroxylation is 1. The molecule has 1 aliphatic heterocycles. The van der Waals surface area contributed by atoms with E-state index in [0.29, 0.717) is 19.5 Å². The van der Waals surface area contributed by atoms with Gasteiger partial charge in [-0.25, -0.2) is 9.97 Å². The normalized spacial score (nSPS) is 13.4. The number of phenolic OH excluding ortho intramolecular Hbond substituents is 1. The number of aromatic hydroxyl groups is 1. The van der Waals surface area contributed by atoms with Crippen LogP contribution in [0.1, 0.15) is 52.8 Å². The van der Waals surface area contributed by atoms with E-state index < -0.39 is 0 Å². The van der Waals surface area contributed by atoms with Gasteiger partial charge in [-0.2, -0.15) is 0 Å². The summed E-state index contributed by atoms with van der Waals surface area (Å²) in [6.45, 7) is 7.25. The summed E-state index contributed by atoms with van der Waals surface area (Å²) >= 11 is 0. The number of aromatic nitrogens is 2. The molecule has 29 heavy (non-hydrogen) atoms. The lowest BCUT2D eigenvalue weighted by atomic mass is 9.97. The maximum Gasteiger partial charge on any atom is 0.254 e. The first kappa shape index (κ1) is 19.1. The minimum atomic E-state index is 0.0401. The molecule has 1 N–H and O–H groups in total. The molecule has 2 aromatic carbocycles. The van der Waals surface area contributed by atoms with Gasteiger partial charge in [-0.15, -0.1) is 0 Å². The molecule has 0 radical (unpaired) electrons. The Balaban J connectivity index is 1.76. The number of rotatable bonds is 3. The van der Waals surface area contributed by atoms with Crippen molar-refractivity contribution in [1.82, 2.24) is 14.9 Å². The van der Waals surface area contributed by atoms with Gasteiger partial charge in [-0.05, 0) is 42.8 Å². The second-order valence-electron chi connectivity index (χ2n) is 7.85. The Morgan fingerprint density at radius 1 is 1.07 bits per heavy atom. The third-order valence-electron chi connectivity index (χ3n) is 5.40. The predicted molar refractivity (Wildman–Crippen MR) is 113 cm³/mol. The maximum atomic E-state index is 13.2. The van der Waals surface area contributed by atoms with E-state index in [4.69, 9.17) is 9.97 Å². The zero-order valence-corrected chi connectivity index (χ0v) is 17.0. The highest BCUT2D eigenvalue weighted by Gasteiger charge is 2.27. The molecule has 1 amide bonds. The van der Waals surface area contributed by atoms with Gasteiger partial charge in [0.1, 0.15) is 11.6 Å².